The summed E-state index contributed by atoms with van der Waals surface area (Å²) in [7, 11) is -3.93. The van der Waals surface area contributed by atoms with Crippen LogP contribution in [0.2, 0.25) is 0 Å². The summed E-state index contributed by atoms with van der Waals surface area (Å²) in [5.41, 5.74) is 5.71. The molecule has 1 fully saturated rings. The van der Waals surface area contributed by atoms with Gasteiger partial charge in [0.15, 0.2) is 0 Å². The van der Waals surface area contributed by atoms with E-state index in [9.17, 15) is 28.1 Å². The molecule has 2 aromatic carbocycles. The van der Waals surface area contributed by atoms with E-state index < -0.39 is 26.9 Å². The van der Waals surface area contributed by atoms with Gasteiger partial charge in [0, 0.05) is 43.9 Å². The zero-order chi connectivity index (χ0) is 22.6. The Hall–Kier alpha value is -3.51. The topological polar surface area (TPSA) is 142 Å². The highest BCUT2D eigenvalue weighted by atomic mass is 32.2. The maximum atomic E-state index is 12.8. The molecule has 0 bridgehead atoms. The van der Waals surface area contributed by atoms with Gasteiger partial charge in [0.05, 0.1) is 9.82 Å². The van der Waals surface area contributed by atoms with Crippen molar-refractivity contribution in [1.29, 1.82) is 0 Å². The minimum atomic E-state index is -3.93. The third-order valence-corrected chi connectivity index (χ3v) is 6.68. The van der Waals surface area contributed by atoms with Gasteiger partial charge in [-0.15, -0.1) is 0 Å². The van der Waals surface area contributed by atoms with Crippen LogP contribution in [0.5, 0.6) is 0 Å². The number of rotatable bonds is 4. The Labute approximate surface area is 178 Å². The molecule has 2 N–H and O–H groups in total. The fraction of sp³-hybridized carbons (Fsp3) is 0.263. The number of nitro groups is 1. The fourth-order valence-corrected chi connectivity index (χ4v) is 4.47. The molecule has 0 aliphatic carbocycles. The predicted molar refractivity (Wildman–Crippen MR) is 111 cm³/mol. The van der Waals surface area contributed by atoms with Gasteiger partial charge in [0.1, 0.15) is 0 Å². The summed E-state index contributed by atoms with van der Waals surface area (Å²) in [5.74, 6) is -0.472. The van der Waals surface area contributed by atoms with Crippen LogP contribution in [0.25, 0.3) is 0 Å². The Bertz CT molecular complexity index is 1100. The van der Waals surface area contributed by atoms with E-state index in [1.807, 2.05) is 6.92 Å². The second-order valence-electron chi connectivity index (χ2n) is 6.90. The van der Waals surface area contributed by atoms with Crippen molar-refractivity contribution < 1.29 is 22.9 Å². The number of non-ortho nitro benzene ring substituents is 1. The molecule has 1 aliphatic rings. The first-order valence-electron chi connectivity index (χ1n) is 9.35. The Morgan fingerprint density at radius 2 is 1.65 bits per heavy atom. The monoisotopic (exact) mass is 447 g/mol. The van der Waals surface area contributed by atoms with Crippen molar-refractivity contribution in [3.63, 3.8) is 0 Å². The molecule has 1 saturated heterocycles. The van der Waals surface area contributed by atoms with E-state index in [-0.39, 0.29) is 36.8 Å². The van der Waals surface area contributed by atoms with E-state index in [2.05, 4.69) is 10.9 Å². The van der Waals surface area contributed by atoms with Crippen LogP contribution in [0.3, 0.4) is 0 Å². The first-order chi connectivity index (χ1) is 14.7. The number of piperazine rings is 1. The summed E-state index contributed by atoms with van der Waals surface area (Å²) in [6.45, 7) is 2.12. The molecule has 1 heterocycles. The number of urea groups is 1. The lowest BCUT2D eigenvalue weighted by molar-refractivity contribution is -0.385. The number of carbonyl (C=O) groups excluding carboxylic acids is 2. The van der Waals surface area contributed by atoms with Crippen molar-refractivity contribution in [1.82, 2.24) is 20.1 Å². The highest BCUT2D eigenvalue weighted by Gasteiger charge is 2.31. The number of amides is 3. The summed E-state index contributed by atoms with van der Waals surface area (Å²) < 4.78 is 26.7. The molecular weight excluding hydrogens is 426 g/mol. The molecule has 2 aromatic rings. The lowest BCUT2D eigenvalue weighted by atomic mass is 10.1. The molecule has 3 rings (SSSR count). The van der Waals surface area contributed by atoms with E-state index in [1.165, 1.54) is 27.4 Å². The van der Waals surface area contributed by atoms with E-state index >= 15 is 0 Å². The molecule has 3 amide bonds. The standard InChI is InChI=1S/C19H21N5O6S/c1-14-5-7-15(8-6-14)18(25)20-21-19(26)22-9-11-23(12-10-22)31(29,30)17-4-2-3-16(13-17)24(27)28/h2-8,13H,9-12H2,1H3,(H,20,25)(H,21,26). The number of hydrazine groups is 1. The number of hydrogen-bond donors (Lipinski definition) is 2. The maximum absolute atomic E-state index is 12.8. The van der Waals surface area contributed by atoms with Gasteiger partial charge in [-0.2, -0.15) is 4.31 Å². The second-order valence-corrected chi connectivity index (χ2v) is 8.83. The number of benzene rings is 2. The summed E-state index contributed by atoms with van der Waals surface area (Å²) in [6.07, 6.45) is 0. The summed E-state index contributed by atoms with van der Waals surface area (Å²) in [5, 5.41) is 10.9. The van der Waals surface area contributed by atoms with E-state index in [0.717, 1.165) is 11.6 Å². The zero-order valence-corrected chi connectivity index (χ0v) is 17.5. The molecule has 0 unspecified atom stereocenters. The van der Waals surface area contributed by atoms with Crippen molar-refractivity contribution >= 4 is 27.6 Å². The minimum Gasteiger partial charge on any atom is -0.321 e. The molecule has 0 atom stereocenters. The van der Waals surface area contributed by atoms with Crippen LogP contribution in [0.1, 0.15) is 15.9 Å². The predicted octanol–water partition coefficient (Wildman–Crippen LogP) is 1.26. The number of aryl methyl sites for hydroxylation is 1. The third kappa shape index (κ3) is 5.16. The molecular formula is C19H21N5O6S. The van der Waals surface area contributed by atoms with Crippen molar-refractivity contribution in [2.75, 3.05) is 26.2 Å². The van der Waals surface area contributed by atoms with Crippen LogP contribution < -0.4 is 10.9 Å². The highest BCUT2D eigenvalue weighted by Crippen LogP contribution is 2.22. The Balaban J connectivity index is 1.55. The van der Waals surface area contributed by atoms with Crippen LogP contribution in [-0.2, 0) is 10.0 Å². The summed E-state index contributed by atoms with van der Waals surface area (Å²) in [6, 6.07) is 11.1. The molecule has 0 aromatic heterocycles. The first-order valence-corrected chi connectivity index (χ1v) is 10.8. The van der Waals surface area contributed by atoms with Crippen molar-refractivity contribution in [2.45, 2.75) is 11.8 Å². The van der Waals surface area contributed by atoms with Gasteiger partial charge in [-0.3, -0.25) is 20.3 Å². The zero-order valence-electron chi connectivity index (χ0n) is 16.6. The largest absolute Gasteiger partial charge is 0.336 e. The van der Waals surface area contributed by atoms with E-state index in [0.29, 0.717) is 5.56 Å². The molecule has 1 aliphatic heterocycles. The second kappa shape index (κ2) is 9.10. The van der Waals surface area contributed by atoms with Gasteiger partial charge in [-0.25, -0.2) is 18.6 Å². The average molecular weight is 447 g/mol. The first kappa shape index (κ1) is 22.2. The SMILES string of the molecule is Cc1ccc(C(=O)NNC(=O)N2CCN(S(=O)(=O)c3cccc([N+](=O)[O-])c3)CC2)cc1. The van der Waals surface area contributed by atoms with Crippen molar-refractivity contribution in [3.8, 4) is 0 Å². The van der Waals surface area contributed by atoms with Crippen molar-refractivity contribution in [2.24, 2.45) is 0 Å². The maximum Gasteiger partial charge on any atom is 0.336 e. The average Bonchev–Trinajstić information content (AvgIpc) is 2.77. The smallest absolute Gasteiger partial charge is 0.321 e. The normalized spacial score (nSPS) is 14.7. The van der Waals surface area contributed by atoms with Crippen LogP contribution in [0, 0.1) is 17.0 Å². The van der Waals surface area contributed by atoms with Crippen molar-refractivity contribution in [3.05, 3.63) is 69.8 Å². The molecule has 12 heteroatoms. The third-order valence-electron chi connectivity index (χ3n) is 4.79. The van der Waals surface area contributed by atoms with Crippen LogP contribution >= 0.6 is 0 Å². The van der Waals surface area contributed by atoms with Crippen LogP contribution in [0.4, 0.5) is 10.5 Å². The van der Waals surface area contributed by atoms with E-state index in [4.69, 9.17) is 0 Å². The molecule has 0 radical (unpaired) electrons. The van der Waals surface area contributed by atoms with Gasteiger partial charge >= 0.3 is 6.03 Å². The van der Waals surface area contributed by atoms with Gasteiger partial charge in [0.2, 0.25) is 10.0 Å². The number of nitrogens with one attached hydrogen (secondary N) is 2. The molecule has 0 spiro atoms. The number of nitrogens with zero attached hydrogens (tertiary/aromatic N) is 3. The van der Waals surface area contributed by atoms with Crippen LogP contribution in [0.15, 0.2) is 53.4 Å². The van der Waals surface area contributed by atoms with Gasteiger partial charge in [-0.1, -0.05) is 23.8 Å². The number of carbonyl (C=O) groups is 2. The lowest BCUT2D eigenvalue weighted by Crippen LogP contribution is -2.56. The van der Waals surface area contributed by atoms with Gasteiger partial charge in [0.25, 0.3) is 11.6 Å². The Morgan fingerprint density at radius 1 is 1.00 bits per heavy atom. The Kier molecular flexibility index (Phi) is 6.51. The Morgan fingerprint density at radius 3 is 2.26 bits per heavy atom. The van der Waals surface area contributed by atoms with Crippen LogP contribution in [-0.4, -0.2) is 60.7 Å². The molecule has 31 heavy (non-hydrogen) atoms. The minimum absolute atomic E-state index is 0.0182. The van der Waals surface area contributed by atoms with E-state index in [1.54, 1.807) is 24.3 Å². The van der Waals surface area contributed by atoms with Gasteiger partial charge in [-0.05, 0) is 25.1 Å². The molecule has 164 valence electrons. The molecule has 11 nitrogen and oxygen atoms in total. The highest BCUT2D eigenvalue weighted by molar-refractivity contribution is 7.89. The quantitative estimate of drug-likeness (QED) is 0.534. The molecule has 0 saturated carbocycles. The number of nitro benzene ring substituents is 1. The number of hydrogen-bond acceptors (Lipinski definition) is 6. The fourth-order valence-electron chi connectivity index (χ4n) is 3.00. The lowest BCUT2D eigenvalue weighted by Gasteiger charge is -2.33. The summed E-state index contributed by atoms with van der Waals surface area (Å²) >= 11 is 0. The summed E-state index contributed by atoms with van der Waals surface area (Å²) in [4.78, 5) is 35.8. The number of sulfonamides is 1. The van der Waals surface area contributed by atoms with Gasteiger partial charge < -0.3 is 4.90 Å².